The van der Waals surface area contributed by atoms with Crippen molar-refractivity contribution in [2.75, 3.05) is 23.9 Å². The predicted octanol–water partition coefficient (Wildman–Crippen LogP) is 2.84. The molecule has 1 aliphatic heterocycles. The maximum Gasteiger partial charge on any atom is 0.255 e. The van der Waals surface area contributed by atoms with Gasteiger partial charge in [-0.25, -0.2) is 4.68 Å². The van der Waals surface area contributed by atoms with Gasteiger partial charge in [-0.1, -0.05) is 5.21 Å². The van der Waals surface area contributed by atoms with Crippen molar-refractivity contribution in [3.63, 3.8) is 0 Å². The van der Waals surface area contributed by atoms with Crippen LogP contribution in [0.1, 0.15) is 30.1 Å². The molecule has 1 aromatic heterocycles. The van der Waals surface area contributed by atoms with E-state index in [1.54, 1.807) is 47.0 Å². The molecule has 144 valence electrons. The minimum atomic E-state index is -0.250. The molecule has 2 amide bonds. The summed E-state index contributed by atoms with van der Waals surface area (Å²) in [6, 6.07) is 10.6. The molecule has 2 heterocycles. The number of rotatable bonds is 5. The van der Waals surface area contributed by atoms with Gasteiger partial charge in [0.05, 0.1) is 18.3 Å². The maximum atomic E-state index is 12.7. The number of aryl methyl sites for hydroxylation is 1. The summed E-state index contributed by atoms with van der Waals surface area (Å²) in [5.74, 6) is 0.387. The third kappa shape index (κ3) is 3.17. The van der Waals surface area contributed by atoms with Crippen LogP contribution >= 0.6 is 0 Å². The molecule has 3 aromatic rings. The number of hydrogen-bond donors (Lipinski definition) is 1. The molecule has 0 unspecified atom stereocenters. The fraction of sp³-hybridized carbons (Fsp3) is 0.300. The molecular formula is C20H21N5O3. The summed E-state index contributed by atoms with van der Waals surface area (Å²) in [5, 5.41) is 11.0. The average molecular weight is 379 g/mol. The van der Waals surface area contributed by atoms with Crippen molar-refractivity contribution < 1.29 is 14.3 Å². The Balaban J connectivity index is 1.56. The van der Waals surface area contributed by atoms with Crippen LogP contribution in [0, 0.1) is 0 Å². The molecule has 1 N–H and O–H groups in total. The van der Waals surface area contributed by atoms with Crippen molar-refractivity contribution in [3.8, 4) is 5.75 Å². The van der Waals surface area contributed by atoms with Gasteiger partial charge in [0.25, 0.3) is 5.91 Å². The summed E-state index contributed by atoms with van der Waals surface area (Å²) in [6.45, 7) is 3.38. The normalized spacial score (nSPS) is 13.9. The van der Waals surface area contributed by atoms with Crippen LogP contribution in [-0.4, -0.2) is 40.5 Å². The summed E-state index contributed by atoms with van der Waals surface area (Å²) in [4.78, 5) is 26.4. The minimum absolute atomic E-state index is 0.0866. The number of hydrogen-bond acceptors (Lipinski definition) is 5. The second-order valence-corrected chi connectivity index (χ2v) is 6.60. The Labute approximate surface area is 162 Å². The Morgan fingerprint density at radius 1 is 1.25 bits per heavy atom. The number of carbonyl (C=O) groups excluding carboxylic acids is 2. The molecule has 0 spiro atoms. The van der Waals surface area contributed by atoms with Gasteiger partial charge in [0.15, 0.2) is 0 Å². The number of ether oxygens (including phenoxy) is 1. The van der Waals surface area contributed by atoms with Gasteiger partial charge in [0, 0.05) is 36.8 Å². The Morgan fingerprint density at radius 2 is 2.11 bits per heavy atom. The molecule has 28 heavy (non-hydrogen) atoms. The van der Waals surface area contributed by atoms with Gasteiger partial charge in [0.1, 0.15) is 11.3 Å². The molecule has 4 rings (SSSR count). The van der Waals surface area contributed by atoms with Gasteiger partial charge in [-0.15, -0.1) is 5.10 Å². The fourth-order valence-electron chi connectivity index (χ4n) is 3.43. The molecule has 0 radical (unpaired) electrons. The highest BCUT2D eigenvalue weighted by Crippen LogP contribution is 2.34. The lowest BCUT2D eigenvalue weighted by Crippen LogP contribution is -2.24. The number of fused-ring (bicyclic) bond motifs is 1. The predicted molar refractivity (Wildman–Crippen MR) is 106 cm³/mol. The summed E-state index contributed by atoms with van der Waals surface area (Å²) >= 11 is 0. The highest BCUT2D eigenvalue weighted by atomic mass is 16.5. The fourth-order valence-corrected chi connectivity index (χ4v) is 3.43. The first kappa shape index (κ1) is 18.0. The molecular weight excluding hydrogens is 358 g/mol. The van der Waals surface area contributed by atoms with Crippen molar-refractivity contribution >= 4 is 34.2 Å². The van der Waals surface area contributed by atoms with Crippen molar-refractivity contribution in [2.45, 2.75) is 26.3 Å². The zero-order chi connectivity index (χ0) is 19.7. The summed E-state index contributed by atoms with van der Waals surface area (Å²) in [5.41, 5.74) is 3.37. The Hall–Kier alpha value is -3.42. The van der Waals surface area contributed by atoms with Crippen LogP contribution in [0.5, 0.6) is 5.75 Å². The number of aromatic nitrogens is 3. The van der Waals surface area contributed by atoms with Gasteiger partial charge in [-0.3, -0.25) is 9.59 Å². The van der Waals surface area contributed by atoms with Crippen LogP contribution < -0.4 is 15.0 Å². The molecule has 0 atom stereocenters. The highest BCUT2D eigenvalue weighted by molar-refractivity contribution is 6.06. The second-order valence-electron chi connectivity index (χ2n) is 6.60. The molecule has 1 aliphatic rings. The van der Waals surface area contributed by atoms with Crippen molar-refractivity contribution in [1.29, 1.82) is 0 Å². The van der Waals surface area contributed by atoms with E-state index in [0.717, 1.165) is 17.6 Å². The number of methoxy groups -OCH3 is 1. The topological polar surface area (TPSA) is 89.4 Å². The smallest absolute Gasteiger partial charge is 0.255 e. The van der Waals surface area contributed by atoms with E-state index in [-0.39, 0.29) is 11.8 Å². The van der Waals surface area contributed by atoms with E-state index < -0.39 is 0 Å². The first-order valence-corrected chi connectivity index (χ1v) is 9.23. The van der Waals surface area contributed by atoms with E-state index in [4.69, 9.17) is 4.74 Å². The third-order valence-electron chi connectivity index (χ3n) is 4.88. The lowest BCUT2D eigenvalue weighted by Gasteiger charge is -2.19. The number of amides is 2. The lowest BCUT2D eigenvalue weighted by atomic mass is 10.1. The maximum absolute atomic E-state index is 12.7. The third-order valence-corrected chi connectivity index (χ3v) is 4.88. The standard InChI is InChI=1S/C20H21N5O3/c1-3-25-16-8-6-13(11-15(16)22-23-25)20(27)21-14-7-9-17(18(12-14)28-2)24-10-4-5-19(24)26/h6-9,11-12H,3-5,10H2,1-2H3,(H,21,27). The van der Waals surface area contributed by atoms with E-state index in [9.17, 15) is 9.59 Å². The van der Waals surface area contributed by atoms with Crippen molar-refractivity contribution in [2.24, 2.45) is 0 Å². The molecule has 1 saturated heterocycles. The van der Waals surface area contributed by atoms with Crippen molar-refractivity contribution in [1.82, 2.24) is 15.0 Å². The number of nitrogens with zero attached hydrogens (tertiary/aromatic N) is 4. The van der Waals surface area contributed by atoms with Crippen molar-refractivity contribution in [3.05, 3.63) is 42.0 Å². The average Bonchev–Trinajstić information content (AvgIpc) is 3.33. The molecule has 1 fully saturated rings. The van der Waals surface area contributed by atoms with Crippen LogP contribution in [0.2, 0.25) is 0 Å². The van der Waals surface area contributed by atoms with E-state index in [0.29, 0.717) is 42.0 Å². The number of nitrogens with one attached hydrogen (secondary N) is 1. The van der Waals surface area contributed by atoms with E-state index in [1.807, 2.05) is 13.0 Å². The zero-order valence-corrected chi connectivity index (χ0v) is 15.8. The van der Waals surface area contributed by atoms with Crippen LogP contribution in [0.3, 0.4) is 0 Å². The largest absolute Gasteiger partial charge is 0.494 e. The van der Waals surface area contributed by atoms with Crippen LogP contribution in [0.4, 0.5) is 11.4 Å². The zero-order valence-electron chi connectivity index (χ0n) is 15.8. The van der Waals surface area contributed by atoms with E-state index >= 15 is 0 Å². The van der Waals surface area contributed by atoms with Gasteiger partial charge < -0.3 is 15.0 Å². The SMILES string of the molecule is CCn1nnc2cc(C(=O)Nc3ccc(N4CCCC4=O)c(OC)c3)ccc21. The number of anilines is 2. The Bertz CT molecular complexity index is 1060. The van der Waals surface area contributed by atoms with Crippen LogP contribution in [0.15, 0.2) is 36.4 Å². The van der Waals surface area contributed by atoms with E-state index in [2.05, 4.69) is 15.6 Å². The molecule has 0 aliphatic carbocycles. The van der Waals surface area contributed by atoms with Crippen LogP contribution in [-0.2, 0) is 11.3 Å². The van der Waals surface area contributed by atoms with Crippen LogP contribution in [0.25, 0.3) is 11.0 Å². The number of carbonyl (C=O) groups is 2. The van der Waals surface area contributed by atoms with Gasteiger partial charge in [-0.05, 0) is 43.7 Å². The summed E-state index contributed by atoms with van der Waals surface area (Å²) < 4.78 is 7.22. The molecule has 8 heteroatoms. The van der Waals surface area contributed by atoms with Gasteiger partial charge in [0.2, 0.25) is 5.91 Å². The molecule has 8 nitrogen and oxygen atoms in total. The number of benzene rings is 2. The monoisotopic (exact) mass is 379 g/mol. The molecule has 0 saturated carbocycles. The summed E-state index contributed by atoms with van der Waals surface area (Å²) in [7, 11) is 1.55. The minimum Gasteiger partial charge on any atom is -0.494 e. The Morgan fingerprint density at radius 3 is 2.82 bits per heavy atom. The first-order valence-electron chi connectivity index (χ1n) is 9.23. The van der Waals surface area contributed by atoms with E-state index in [1.165, 1.54) is 0 Å². The van der Waals surface area contributed by atoms with Gasteiger partial charge in [-0.2, -0.15) is 0 Å². The molecule has 0 bridgehead atoms. The highest BCUT2D eigenvalue weighted by Gasteiger charge is 2.24. The Kier molecular flexibility index (Phi) is 4.68. The first-order chi connectivity index (χ1) is 13.6. The quantitative estimate of drug-likeness (QED) is 0.736. The second kappa shape index (κ2) is 7.30. The molecule has 2 aromatic carbocycles. The summed E-state index contributed by atoms with van der Waals surface area (Å²) in [6.07, 6.45) is 1.39. The lowest BCUT2D eigenvalue weighted by molar-refractivity contribution is -0.117. The van der Waals surface area contributed by atoms with Gasteiger partial charge >= 0.3 is 0 Å².